The lowest BCUT2D eigenvalue weighted by molar-refractivity contribution is -0.120. The van der Waals surface area contributed by atoms with Gasteiger partial charge in [-0.2, -0.15) is 0 Å². The molecule has 0 radical (unpaired) electrons. The maximum Gasteiger partial charge on any atom is 0.226 e. The summed E-state index contributed by atoms with van der Waals surface area (Å²) in [6.45, 7) is 0.401. The normalized spacial score (nSPS) is 11.0. The number of thiazole rings is 1. The number of fused-ring (bicyclic) bond motifs is 1. The molecule has 0 saturated carbocycles. The first-order valence-corrected chi connectivity index (χ1v) is 8.47. The van der Waals surface area contributed by atoms with Crippen LogP contribution in [0.15, 0.2) is 64.7 Å². The summed E-state index contributed by atoms with van der Waals surface area (Å²) in [4.78, 5) is 17.7. The van der Waals surface area contributed by atoms with Gasteiger partial charge < -0.3 is 9.73 Å². The van der Waals surface area contributed by atoms with E-state index in [2.05, 4.69) is 10.3 Å². The van der Waals surface area contributed by atoms with Crippen molar-refractivity contribution >= 4 is 22.2 Å². The van der Waals surface area contributed by atoms with Crippen LogP contribution in [-0.2, 0) is 17.8 Å². The van der Waals surface area contributed by atoms with Gasteiger partial charge in [0, 0.05) is 22.8 Å². The van der Waals surface area contributed by atoms with Crippen LogP contribution in [0.3, 0.4) is 0 Å². The molecule has 3 heterocycles. The molecule has 4 rings (SSSR count). The molecule has 0 atom stereocenters. The number of carbonyl (C=O) groups excluding carboxylic acids is 1. The minimum atomic E-state index is -0.0407. The minimum absolute atomic E-state index is 0.0407. The molecule has 0 aliphatic heterocycles. The molecule has 6 heteroatoms. The van der Waals surface area contributed by atoms with Gasteiger partial charge in [0.15, 0.2) is 4.96 Å². The lowest BCUT2D eigenvalue weighted by Gasteiger charge is -2.02. The van der Waals surface area contributed by atoms with Crippen LogP contribution in [0.25, 0.3) is 16.2 Å². The third-order valence-electron chi connectivity index (χ3n) is 3.73. The zero-order valence-corrected chi connectivity index (χ0v) is 13.6. The SMILES string of the molecule is O=C(Cc1csc2nc(-c3ccccc3)cn12)NCc1ccco1. The van der Waals surface area contributed by atoms with Crippen molar-refractivity contribution in [2.75, 3.05) is 0 Å². The second-order valence-corrected chi connectivity index (χ2v) is 6.24. The first kappa shape index (κ1) is 14.7. The van der Waals surface area contributed by atoms with E-state index in [1.807, 2.05) is 52.4 Å². The van der Waals surface area contributed by atoms with Crippen LogP contribution < -0.4 is 5.32 Å². The van der Waals surface area contributed by atoms with Gasteiger partial charge in [-0.1, -0.05) is 30.3 Å². The fourth-order valence-corrected chi connectivity index (χ4v) is 3.40. The van der Waals surface area contributed by atoms with Crippen molar-refractivity contribution in [1.82, 2.24) is 14.7 Å². The molecule has 1 N–H and O–H groups in total. The van der Waals surface area contributed by atoms with Crippen LogP contribution >= 0.6 is 11.3 Å². The van der Waals surface area contributed by atoms with Gasteiger partial charge in [0.05, 0.1) is 24.9 Å². The Hall–Kier alpha value is -2.86. The molecular formula is C18H15N3O2S. The fourth-order valence-electron chi connectivity index (χ4n) is 2.53. The molecule has 0 aliphatic rings. The summed E-state index contributed by atoms with van der Waals surface area (Å²) >= 11 is 1.54. The van der Waals surface area contributed by atoms with Crippen molar-refractivity contribution < 1.29 is 9.21 Å². The van der Waals surface area contributed by atoms with E-state index in [-0.39, 0.29) is 5.91 Å². The number of furan rings is 1. The van der Waals surface area contributed by atoms with Crippen LogP contribution in [0, 0.1) is 0 Å². The monoisotopic (exact) mass is 337 g/mol. The smallest absolute Gasteiger partial charge is 0.226 e. The van der Waals surface area contributed by atoms with Gasteiger partial charge in [0.1, 0.15) is 5.76 Å². The highest BCUT2D eigenvalue weighted by atomic mass is 32.1. The van der Waals surface area contributed by atoms with Gasteiger partial charge in [-0.05, 0) is 12.1 Å². The van der Waals surface area contributed by atoms with Crippen LogP contribution in [0.2, 0.25) is 0 Å². The first-order chi connectivity index (χ1) is 11.8. The van der Waals surface area contributed by atoms with Gasteiger partial charge in [-0.3, -0.25) is 9.20 Å². The van der Waals surface area contributed by atoms with Crippen molar-refractivity contribution in [3.63, 3.8) is 0 Å². The third-order valence-corrected chi connectivity index (χ3v) is 4.62. The highest BCUT2D eigenvalue weighted by molar-refractivity contribution is 7.15. The van der Waals surface area contributed by atoms with Crippen molar-refractivity contribution in [2.45, 2.75) is 13.0 Å². The quantitative estimate of drug-likeness (QED) is 0.606. The Morgan fingerprint density at radius 3 is 2.88 bits per heavy atom. The predicted molar refractivity (Wildman–Crippen MR) is 92.8 cm³/mol. The zero-order valence-electron chi connectivity index (χ0n) is 12.8. The van der Waals surface area contributed by atoms with Crippen LogP contribution in [0.5, 0.6) is 0 Å². The van der Waals surface area contributed by atoms with Crippen LogP contribution in [0.4, 0.5) is 0 Å². The lowest BCUT2D eigenvalue weighted by atomic mass is 10.2. The highest BCUT2D eigenvalue weighted by Gasteiger charge is 2.12. The van der Waals surface area contributed by atoms with Crippen LogP contribution in [0.1, 0.15) is 11.5 Å². The van der Waals surface area contributed by atoms with E-state index in [0.29, 0.717) is 13.0 Å². The number of benzene rings is 1. The second-order valence-electron chi connectivity index (χ2n) is 5.40. The Labute approximate surface area is 142 Å². The van der Waals surface area contributed by atoms with Crippen molar-refractivity contribution in [3.05, 3.63) is 71.8 Å². The van der Waals surface area contributed by atoms with Gasteiger partial charge in [0.2, 0.25) is 5.91 Å². The molecular weight excluding hydrogens is 322 g/mol. The van der Waals surface area contributed by atoms with Crippen LogP contribution in [-0.4, -0.2) is 15.3 Å². The number of imidazole rings is 1. The average Bonchev–Trinajstić information content (AvgIpc) is 3.32. The summed E-state index contributed by atoms with van der Waals surface area (Å²) in [6.07, 6.45) is 3.89. The van der Waals surface area contributed by atoms with Crippen molar-refractivity contribution in [2.24, 2.45) is 0 Å². The Balaban J connectivity index is 1.50. The summed E-state index contributed by atoms with van der Waals surface area (Å²) < 4.78 is 7.20. The largest absolute Gasteiger partial charge is 0.467 e. The predicted octanol–water partition coefficient (Wildman–Crippen LogP) is 3.51. The first-order valence-electron chi connectivity index (χ1n) is 7.59. The van der Waals surface area contributed by atoms with Gasteiger partial charge >= 0.3 is 0 Å². The van der Waals surface area contributed by atoms with Gasteiger partial charge in [-0.15, -0.1) is 11.3 Å². The summed E-state index contributed by atoms with van der Waals surface area (Å²) in [7, 11) is 0. The molecule has 5 nitrogen and oxygen atoms in total. The average molecular weight is 337 g/mol. The lowest BCUT2D eigenvalue weighted by Crippen LogP contribution is -2.24. The van der Waals surface area contributed by atoms with Crippen molar-refractivity contribution in [3.8, 4) is 11.3 Å². The van der Waals surface area contributed by atoms with E-state index in [1.54, 1.807) is 23.7 Å². The number of amides is 1. The molecule has 1 aromatic carbocycles. The Bertz CT molecular complexity index is 955. The second kappa shape index (κ2) is 6.33. The van der Waals surface area contributed by atoms with Gasteiger partial charge in [-0.25, -0.2) is 4.98 Å². The summed E-state index contributed by atoms with van der Waals surface area (Å²) in [5.41, 5.74) is 2.92. The number of hydrogen-bond donors (Lipinski definition) is 1. The molecule has 0 bridgehead atoms. The Kier molecular flexibility index (Phi) is 3.88. The maximum absolute atomic E-state index is 12.1. The van der Waals surface area contributed by atoms with E-state index in [4.69, 9.17) is 4.42 Å². The van der Waals surface area contributed by atoms with E-state index in [0.717, 1.165) is 27.7 Å². The molecule has 120 valence electrons. The Morgan fingerprint density at radius 1 is 1.21 bits per heavy atom. The zero-order chi connectivity index (χ0) is 16.4. The number of hydrogen-bond acceptors (Lipinski definition) is 4. The van der Waals surface area contributed by atoms with E-state index in [9.17, 15) is 4.79 Å². The summed E-state index contributed by atoms with van der Waals surface area (Å²) in [5, 5.41) is 4.84. The van der Waals surface area contributed by atoms with Crippen molar-refractivity contribution in [1.29, 1.82) is 0 Å². The summed E-state index contributed by atoms with van der Waals surface area (Å²) in [5.74, 6) is 0.703. The highest BCUT2D eigenvalue weighted by Crippen LogP contribution is 2.23. The number of carbonyl (C=O) groups is 1. The number of nitrogens with one attached hydrogen (secondary N) is 1. The van der Waals surface area contributed by atoms with E-state index < -0.39 is 0 Å². The number of nitrogens with zero attached hydrogens (tertiary/aromatic N) is 2. The molecule has 0 saturated heterocycles. The van der Waals surface area contributed by atoms with Gasteiger partial charge in [0.25, 0.3) is 0 Å². The molecule has 1 amide bonds. The molecule has 0 spiro atoms. The molecule has 0 unspecified atom stereocenters. The molecule has 0 aliphatic carbocycles. The number of aromatic nitrogens is 2. The molecule has 0 fully saturated rings. The molecule has 4 aromatic rings. The van der Waals surface area contributed by atoms with E-state index in [1.165, 1.54) is 0 Å². The van der Waals surface area contributed by atoms with E-state index >= 15 is 0 Å². The summed E-state index contributed by atoms with van der Waals surface area (Å²) in [6, 6.07) is 13.7. The minimum Gasteiger partial charge on any atom is -0.467 e. The maximum atomic E-state index is 12.1. The Morgan fingerprint density at radius 2 is 2.08 bits per heavy atom. The molecule has 3 aromatic heterocycles. The molecule has 24 heavy (non-hydrogen) atoms. The standard InChI is InChI=1S/C18H15N3O2S/c22-17(19-10-15-7-4-8-23-15)9-14-12-24-18-20-16(11-21(14)18)13-5-2-1-3-6-13/h1-8,11-12H,9-10H2,(H,19,22). The number of rotatable bonds is 5. The third kappa shape index (κ3) is 2.96. The topological polar surface area (TPSA) is 59.5 Å². The fraction of sp³-hybridized carbons (Fsp3) is 0.111.